The first-order valence-corrected chi connectivity index (χ1v) is 12.0. The molecule has 1 fully saturated rings. The third-order valence-electron chi connectivity index (χ3n) is 4.40. The Balaban J connectivity index is 1.44. The predicted molar refractivity (Wildman–Crippen MR) is 113 cm³/mol. The molecule has 2 aromatic carbocycles. The van der Waals surface area contributed by atoms with Crippen LogP contribution in [0.25, 0.3) is 5.69 Å². The van der Waals surface area contributed by atoms with Crippen LogP contribution in [0.2, 0.25) is 0 Å². The summed E-state index contributed by atoms with van der Waals surface area (Å²) in [5.74, 6) is 1.52. The van der Waals surface area contributed by atoms with Crippen LogP contribution in [0, 0.1) is 0 Å². The number of hydrogen-bond donors (Lipinski definition) is 1. The van der Waals surface area contributed by atoms with Crippen molar-refractivity contribution in [3.63, 3.8) is 0 Å². The van der Waals surface area contributed by atoms with Crippen LogP contribution in [-0.2, 0) is 10.0 Å². The van der Waals surface area contributed by atoms with Gasteiger partial charge in [-0.25, -0.2) is 18.1 Å². The van der Waals surface area contributed by atoms with Crippen LogP contribution < -0.4 is 4.72 Å². The highest BCUT2D eigenvalue weighted by molar-refractivity contribution is 7.99. The quantitative estimate of drug-likeness (QED) is 0.436. The summed E-state index contributed by atoms with van der Waals surface area (Å²) < 4.78 is 26.8. The maximum atomic E-state index is 12.5. The fourth-order valence-electron chi connectivity index (χ4n) is 2.88. The third kappa shape index (κ3) is 5.04. The zero-order valence-corrected chi connectivity index (χ0v) is 17.4. The van der Waals surface area contributed by atoms with Crippen molar-refractivity contribution >= 4 is 33.3 Å². The van der Waals surface area contributed by atoms with E-state index in [1.54, 1.807) is 24.3 Å². The average molecular weight is 429 g/mol. The van der Waals surface area contributed by atoms with E-state index in [9.17, 15) is 13.2 Å². The van der Waals surface area contributed by atoms with Gasteiger partial charge in [0, 0.05) is 17.2 Å². The number of carbonyl (C=O) groups is 1. The molecule has 0 atom stereocenters. The Hall–Kier alpha value is -2.65. The molecule has 0 unspecified atom stereocenters. The molecule has 29 heavy (non-hydrogen) atoms. The average Bonchev–Trinajstić information content (AvgIpc) is 3.45. The predicted octanol–water partition coefficient (Wildman–Crippen LogP) is 3.49. The van der Waals surface area contributed by atoms with E-state index in [-0.39, 0.29) is 11.5 Å². The molecule has 3 aromatic rings. The number of benzene rings is 2. The fraction of sp³-hybridized carbons (Fsp3) is 0.250. The van der Waals surface area contributed by atoms with Crippen molar-refractivity contribution in [1.29, 1.82) is 0 Å². The SMILES string of the molecule is CS(=O)(=O)Nc1ccc(C(=O)CSc2nc(C3CC3)n(-c3ccccc3)n2)cc1. The molecular weight excluding hydrogens is 408 g/mol. The lowest BCUT2D eigenvalue weighted by Crippen LogP contribution is -2.10. The van der Waals surface area contributed by atoms with Crippen LogP contribution in [0.5, 0.6) is 0 Å². The first-order valence-electron chi connectivity index (χ1n) is 9.15. The molecule has 1 heterocycles. The van der Waals surface area contributed by atoms with Gasteiger partial charge >= 0.3 is 0 Å². The van der Waals surface area contributed by atoms with E-state index in [0.717, 1.165) is 30.6 Å². The molecule has 0 amide bonds. The summed E-state index contributed by atoms with van der Waals surface area (Å²) in [6, 6.07) is 16.3. The third-order valence-corrected chi connectivity index (χ3v) is 5.84. The first kappa shape index (κ1) is 19.7. The van der Waals surface area contributed by atoms with E-state index in [0.29, 0.717) is 22.3 Å². The van der Waals surface area contributed by atoms with Gasteiger partial charge in [-0.3, -0.25) is 9.52 Å². The Morgan fingerprint density at radius 3 is 2.45 bits per heavy atom. The van der Waals surface area contributed by atoms with Crippen LogP contribution in [0.4, 0.5) is 5.69 Å². The Morgan fingerprint density at radius 2 is 1.83 bits per heavy atom. The molecule has 150 valence electrons. The van der Waals surface area contributed by atoms with Gasteiger partial charge in [-0.1, -0.05) is 30.0 Å². The second kappa shape index (κ2) is 8.00. The van der Waals surface area contributed by atoms with Gasteiger partial charge in [-0.2, -0.15) is 0 Å². The van der Waals surface area contributed by atoms with Crippen molar-refractivity contribution < 1.29 is 13.2 Å². The van der Waals surface area contributed by atoms with Crippen LogP contribution in [0.3, 0.4) is 0 Å². The Morgan fingerprint density at radius 1 is 1.14 bits per heavy atom. The number of aromatic nitrogens is 3. The number of para-hydroxylation sites is 1. The fourth-order valence-corrected chi connectivity index (χ4v) is 4.17. The number of anilines is 1. The molecule has 1 aliphatic carbocycles. The maximum Gasteiger partial charge on any atom is 0.229 e. The molecule has 7 nitrogen and oxygen atoms in total. The van der Waals surface area contributed by atoms with Crippen molar-refractivity contribution in [1.82, 2.24) is 14.8 Å². The van der Waals surface area contributed by atoms with Crippen LogP contribution >= 0.6 is 11.8 Å². The molecule has 0 spiro atoms. The van der Waals surface area contributed by atoms with Crippen LogP contribution in [0.15, 0.2) is 59.8 Å². The summed E-state index contributed by atoms with van der Waals surface area (Å²) in [6.45, 7) is 0. The van der Waals surface area contributed by atoms with Crippen LogP contribution in [-0.4, -0.2) is 41.0 Å². The molecule has 0 bridgehead atoms. The largest absolute Gasteiger partial charge is 0.293 e. The van der Waals surface area contributed by atoms with Crippen molar-refractivity contribution in [3.05, 3.63) is 66.0 Å². The lowest BCUT2D eigenvalue weighted by Gasteiger charge is -2.05. The molecular formula is C20H20N4O3S2. The van der Waals surface area contributed by atoms with E-state index in [1.807, 2.05) is 35.0 Å². The van der Waals surface area contributed by atoms with Crippen molar-refractivity contribution in [2.24, 2.45) is 0 Å². The van der Waals surface area contributed by atoms with E-state index < -0.39 is 10.0 Å². The molecule has 1 N–H and O–H groups in total. The van der Waals surface area contributed by atoms with Crippen molar-refractivity contribution in [3.8, 4) is 5.69 Å². The maximum absolute atomic E-state index is 12.5. The van der Waals surface area contributed by atoms with E-state index in [4.69, 9.17) is 0 Å². The summed E-state index contributed by atoms with van der Waals surface area (Å²) in [7, 11) is -3.34. The van der Waals surface area contributed by atoms with E-state index >= 15 is 0 Å². The summed E-state index contributed by atoms with van der Waals surface area (Å²) in [4.78, 5) is 17.2. The smallest absolute Gasteiger partial charge is 0.229 e. The standard InChI is InChI=1S/C20H20N4O3S2/c1-29(26,27)23-16-11-9-14(10-12-16)18(25)13-28-20-21-19(15-7-8-15)24(22-20)17-5-3-2-4-6-17/h2-6,9-12,15,23H,7-8,13H2,1H3. The topological polar surface area (TPSA) is 94.0 Å². The number of ketones is 1. The molecule has 0 radical (unpaired) electrons. The van der Waals surface area contributed by atoms with E-state index in [2.05, 4.69) is 14.8 Å². The van der Waals surface area contributed by atoms with Crippen molar-refractivity contribution in [2.75, 3.05) is 16.7 Å². The minimum atomic E-state index is -3.34. The van der Waals surface area contributed by atoms with Gasteiger partial charge in [-0.15, -0.1) is 5.10 Å². The van der Waals surface area contributed by atoms with Gasteiger partial charge in [-0.05, 0) is 49.2 Å². The highest BCUT2D eigenvalue weighted by atomic mass is 32.2. The van der Waals surface area contributed by atoms with Crippen molar-refractivity contribution in [2.45, 2.75) is 23.9 Å². The number of Topliss-reactive ketones (excluding diaryl/α,β-unsaturated/α-hetero) is 1. The van der Waals surface area contributed by atoms with Gasteiger partial charge in [0.25, 0.3) is 0 Å². The Bertz CT molecular complexity index is 1120. The first-order chi connectivity index (χ1) is 13.9. The molecule has 1 aliphatic rings. The molecule has 0 aliphatic heterocycles. The number of nitrogens with one attached hydrogen (secondary N) is 1. The van der Waals surface area contributed by atoms with Gasteiger partial charge in [0.05, 0.1) is 17.7 Å². The minimum absolute atomic E-state index is 0.0649. The highest BCUT2D eigenvalue weighted by Gasteiger charge is 2.30. The minimum Gasteiger partial charge on any atom is -0.293 e. The number of rotatable bonds is 8. The number of thioether (sulfide) groups is 1. The summed E-state index contributed by atoms with van der Waals surface area (Å²) in [5, 5.41) is 5.18. The molecule has 1 aromatic heterocycles. The second-order valence-corrected chi connectivity index (χ2v) is 9.63. The monoisotopic (exact) mass is 428 g/mol. The number of nitrogens with zero attached hydrogens (tertiary/aromatic N) is 3. The number of hydrogen-bond acceptors (Lipinski definition) is 6. The van der Waals surface area contributed by atoms with E-state index in [1.165, 1.54) is 11.8 Å². The van der Waals surface area contributed by atoms with Gasteiger partial charge in [0.15, 0.2) is 5.78 Å². The normalized spacial score (nSPS) is 14.0. The zero-order chi connectivity index (χ0) is 20.4. The number of sulfonamides is 1. The summed E-state index contributed by atoms with van der Waals surface area (Å²) in [6.07, 6.45) is 3.31. The lowest BCUT2D eigenvalue weighted by atomic mass is 10.1. The highest BCUT2D eigenvalue weighted by Crippen LogP contribution is 2.40. The van der Waals surface area contributed by atoms with Gasteiger partial charge in [0.1, 0.15) is 5.82 Å². The molecule has 0 saturated heterocycles. The molecule has 4 rings (SSSR count). The summed E-state index contributed by atoms with van der Waals surface area (Å²) in [5.41, 5.74) is 1.91. The Kier molecular flexibility index (Phi) is 5.42. The number of carbonyl (C=O) groups excluding carboxylic acids is 1. The van der Waals surface area contributed by atoms with Crippen LogP contribution in [0.1, 0.15) is 34.9 Å². The Labute approximate surface area is 173 Å². The molecule has 9 heteroatoms. The molecule has 1 saturated carbocycles. The van der Waals surface area contributed by atoms with Gasteiger partial charge in [0.2, 0.25) is 15.2 Å². The lowest BCUT2D eigenvalue weighted by molar-refractivity contribution is 0.102. The van der Waals surface area contributed by atoms with Gasteiger partial charge < -0.3 is 0 Å². The zero-order valence-electron chi connectivity index (χ0n) is 15.8. The summed E-state index contributed by atoms with van der Waals surface area (Å²) >= 11 is 1.31. The second-order valence-electron chi connectivity index (χ2n) is 6.94.